The fraction of sp³-hybridized carbons (Fsp3) is 0.250. The van der Waals surface area contributed by atoms with Crippen LogP contribution in [0, 0.1) is 0 Å². The molecule has 0 saturated carbocycles. The molecule has 2 heterocycles. The fourth-order valence-corrected chi connectivity index (χ4v) is 1.82. The Bertz CT molecular complexity index is 700. The lowest BCUT2D eigenvalue weighted by Crippen LogP contribution is -2.07. The molecule has 0 atom stereocenters. The van der Waals surface area contributed by atoms with Crippen molar-refractivity contribution in [1.82, 2.24) is 15.0 Å². The standard InChI is InChI=1S/C12H6ClF6N3O/c13-8-7(10(16)17)20-3-6(21-8)4-1-2-5(9(14)15)22-11(4)23-12(18)19/h1-3,9-10,12H. The Balaban J connectivity index is 2.51. The van der Waals surface area contributed by atoms with Crippen molar-refractivity contribution in [3.05, 3.63) is 34.9 Å². The van der Waals surface area contributed by atoms with Gasteiger partial charge in [-0.15, -0.1) is 0 Å². The Labute approximate surface area is 130 Å². The van der Waals surface area contributed by atoms with Gasteiger partial charge in [-0.05, 0) is 12.1 Å². The molecule has 0 aliphatic heterocycles. The average Bonchev–Trinajstić information content (AvgIpc) is 2.45. The molecule has 0 amide bonds. The second-order valence-electron chi connectivity index (χ2n) is 4.00. The maximum Gasteiger partial charge on any atom is 0.388 e. The van der Waals surface area contributed by atoms with Gasteiger partial charge in [-0.3, -0.25) is 0 Å². The minimum atomic E-state index is -3.34. The summed E-state index contributed by atoms with van der Waals surface area (Å²) in [5.41, 5.74) is -2.08. The minimum Gasteiger partial charge on any atom is -0.416 e. The van der Waals surface area contributed by atoms with Crippen LogP contribution < -0.4 is 4.74 Å². The smallest absolute Gasteiger partial charge is 0.388 e. The molecule has 0 radical (unpaired) electrons. The van der Waals surface area contributed by atoms with Gasteiger partial charge < -0.3 is 4.74 Å². The van der Waals surface area contributed by atoms with E-state index in [1.165, 1.54) is 0 Å². The molecular formula is C12H6ClF6N3O. The van der Waals surface area contributed by atoms with E-state index in [9.17, 15) is 26.3 Å². The molecule has 0 unspecified atom stereocenters. The summed E-state index contributed by atoms with van der Waals surface area (Å²) >= 11 is 5.53. The maximum atomic E-state index is 12.6. The highest BCUT2D eigenvalue weighted by atomic mass is 35.5. The summed E-state index contributed by atoms with van der Waals surface area (Å²) in [7, 11) is 0. The van der Waals surface area contributed by atoms with Crippen LogP contribution in [0.4, 0.5) is 26.3 Å². The van der Waals surface area contributed by atoms with E-state index in [0.717, 1.165) is 18.3 Å². The van der Waals surface area contributed by atoms with Crippen LogP contribution >= 0.6 is 11.6 Å². The molecular weight excluding hydrogens is 352 g/mol. The lowest BCUT2D eigenvalue weighted by molar-refractivity contribution is -0.0528. The fourth-order valence-electron chi connectivity index (χ4n) is 1.60. The SMILES string of the molecule is FC(F)Oc1nc(C(F)F)ccc1-c1cnc(C(F)F)c(Cl)n1. The number of nitrogens with zero attached hydrogens (tertiary/aromatic N) is 3. The van der Waals surface area contributed by atoms with E-state index in [1.807, 2.05) is 0 Å². The Kier molecular flexibility index (Phi) is 5.24. The lowest BCUT2D eigenvalue weighted by Gasteiger charge is -2.11. The van der Waals surface area contributed by atoms with Gasteiger partial charge in [0.25, 0.3) is 12.9 Å². The number of halogens is 7. The van der Waals surface area contributed by atoms with Crippen molar-refractivity contribution in [2.45, 2.75) is 19.5 Å². The second kappa shape index (κ2) is 6.99. The molecule has 23 heavy (non-hydrogen) atoms. The molecule has 2 rings (SSSR count). The van der Waals surface area contributed by atoms with Gasteiger partial charge in [0, 0.05) is 0 Å². The molecule has 124 valence electrons. The summed E-state index contributed by atoms with van der Waals surface area (Å²) in [5, 5.41) is -0.654. The van der Waals surface area contributed by atoms with E-state index < -0.39 is 41.9 Å². The number of ether oxygens (including phenoxy) is 1. The van der Waals surface area contributed by atoms with Gasteiger partial charge in [0.15, 0.2) is 5.15 Å². The van der Waals surface area contributed by atoms with Crippen LogP contribution in [-0.2, 0) is 0 Å². The van der Waals surface area contributed by atoms with Crippen molar-refractivity contribution in [2.24, 2.45) is 0 Å². The highest BCUT2D eigenvalue weighted by Crippen LogP contribution is 2.32. The first-order valence-corrected chi connectivity index (χ1v) is 6.22. The second-order valence-corrected chi connectivity index (χ2v) is 4.36. The van der Waals surface area contributed by atoms with E-state index in [0.29, 0.717) is 0 Å². The first kappa shape index (κ1) is 17.3. The van der Waals surface area contributed by atoms with E-state index >= 15 is 0 Å². The summed E-state index contributed by atoms with van der Waals surface area (Å²) in [6, 6.07) is 1.84. The van der Waals surface area contributed by atoms with Crippen LogP contribution in [0.1, 0.15) is 24.2 Å². The van der Waals surface area contributed by atoms with E-state index in [2.05, 4.69) is 19.7 Å². The minimum absolute atomic E-state index is 0.233. The van der Waals surface area contributed by atoms with Gasteiger partial charge in [-0.2, -0.15) is 8.78 Å². The van der Waals surface area contributed by atoms with Crippen molar-refractivity contribution in [2.75, 3.05) is 0 Å². The largest absolute Gasteiger partial charge is 0.416 e. The monoisotopic (exact) mass is 357 g/mol. The quantitative estimate of drug-likeness (QED) is 0.730. The zero-order chi connectivity index (χ0) is 17.1. The van der Waals surface area contributed by atoms with Gasteiger partial charge >= 0.3 is 6.61 Å². The van der Waals surface area contributed by atoms with Gasteiger partial charge in [-0.25, -0.2) is 32.5 Å². The Morgan fingerprint density at radius 1 is 0.957 bits per heavy atom. The third-order valence-corrected chi connectivity index (χ3v) is 2.82. The molecule has 0 saturated heterocycles. The van der Waals surface area contributed by atoms with Crippen molar-refractivity contribution in [3.63, 3.8) is 0 Å². The van der Waals surface area contributed by atoms with Crippen molar-refractivity contribution in [1.29, 1.82) is 0 Å². The number of rotatable bonds is 5. The highest BCUT2D eigenvalue weighted by molar-refractivity contribution is 6.30. The van der Waals surface area contributed by atoms with Crippen LogP contribution in [0.25, 0.3) is 11.3 Å². The average molecular weight is 358 g/mol. The van der Waals surface area contributed by atoms with Gasteiger partial charge in [0.2, 0.25) is 5.88 Å². The third-order valence-electron chi connectivity index (χ3n) is 2.54. The predicted octanol–water partition coefficient (Wildman–Crippen LogP) is 4.67. The normalized spacial score (nSPS) is 11.6. The van der Waals surface area contributed by atoms with Crippen molar-refractivity contribution in [3.8, 4) is 17.1 Å². The summed E-state index contributed by atoms with van der Waals surface area (Å²) in [5.74, 6) is -0.840. The molecule has 0 aliphatic carbocycles. The molecule has 2 aromatic rings. The van der Waals surface area contributed by atoms with Crippen LogP contribution in [0.15, 0.2) is 18.3 Å². The molecule has 4 nitrogen and oxygen atoms in total. The van der Waals surface area contributed by atoms with Gasteiger partial charge in [0.05, 0.1) is 17.5 Å². The predicted molar refractivity (Wildman–Crippen MR) is 66.8 cm³/mol. The maximum absolute atomic E-state index is 12.6. The van der Waals surface area contributed by atoms with Crippen molar-refractivity contribution < 1.29 is 31.1 Å². The number of alkyl halides is 6. The number of hydrogen-bond acceptors (Lipinski definition) is 4. The van der Waals surface area contributed by atoms with E-state index in [-0.39, 0.29) is 11.3 Å². The summed E-state index contributed by atoms with van der Waals surface area (Å²) in [6.45, 7) is -3.34. The van der Waals surface area contributed by atoms with Crippen LogP contribution in [0.3, 0.4) is 0 Å². The molecule has 0 aliphatic rings. The Morgan fingerprint density at radius 3 is 2.17 bits per heavy atom. The Morgan fingerprint density at radius 2 is 1.65 bits per heavy atom. The topological polar surface area (TPSA) is 47.9 Å². The molecule has 0 bridgehead atoms. The molecule has 0 fully saturated rings. The molecule has 2 aromatic heterocycles. The van der Waals surface area contributed by atoms with E-state index in [1.54, 1.807) is 0 Å². The molecule has 11 heteroatoms. The third kappa shape index (κ3) is 4.01. The van der Waals surface area contributed by atoms with Crippen molar-refractivity contribution >= 4 is 11.6 Å². The first-order valence-electron chi connectivity index (χ1n) is 5.84. The van der Waals surface area contributed by atoms with Crippen LogP contribution in [-0.4, -0.2) is 21.6 Å². The van der Waals surface area contributed by atoms with Gasteiger partial charge in [0.1, 0.15) is 11.4 Å². The highest BCUT2D eigenvalue weighted by Gasteiger charge is 2.21. The molecule has 0 aromatic carbocycles. The van der Waals surface area contributed by atoms with E-state index in [4.69, 9.17) is 11.6 Å². The zero-order valence-corrected chi connectivity index (χ0v) is 11.6. The molecule has 0 N–H and O–H groups in total. The summed E-state index contributed by atoms with van der Waals surface area (Å²) < 4.78 is 79.1. The number of pyridine rings is 1. The molecule has 0 spiro atoms. The lowest BCUT2D eigenvalue weighted by atomic mass is 10.2. The number of aromatic nitrogens is 3. The summed E-state index contributed by atoms with van der Waals surface area (Å²) in [6.07, 6.45) is -5.18. The zero-order valence-electron chi connectivity index (χ0n) is 10.9. The number of hydrogen-bond donors (Lipinski definition) is 0. The summed E-state index contributed by atoms with van der Waals surface area (Å²) in [4.78, 5) is 10.2. The first-order chi connectivity index (χ1) is 10.8. The van der Waals surface area contributed by atoms with Gasteiger partial charge in [-0.1, -0.05) is 11.6 Å². The van der Waals surface area contributed by atoms with Crippen LogP contribution in [0.5, 0.6) is 5.88 Å². The van der Waals surface area contributed by atoms with Crippen LogP contribution in [0.2, 0.25) is 5.15 Å². The Hall–Kier alpha value is -2.10.